The monoisotopic (exact) mass is 445 g/mol. The molecule has 0 spiro atoms. The average Bonchev–Trinajstić information content (AvgIpc) is 2.76. The van der Waals surface area contributed by atoms with Gasteiger partial charge in [0.2, 0.25) is 0 Å². The van der Waals surface area contributed by atoms with Crippen molar-refractivity contribution in [1.82, 2.24) is 15.1 Å². The highest BCUT2D eigenvalue weighted by Gasteiger charge is 2.38. The van der Waals surface area contributed by atoms with Crippen LogP contribution in [-0.2, 0) is 9.53 Å². The Bertz CT molecular complexity index is 848. The molecule has 0 radical (unpaired) electrons. The molecular formula is C24H32ClN3O3. The van der Waals surface area contributed by atoms with E-state index in [1.807, 2.05) is 12.1 Å². The Kier molecular flexibility index (Phi) is 8.15. The number of halogens is 1. The Morgan fingerprint density at radius 2 is 2.10 bits per heavy atom. The van der Waals surface area contributed by atoms with Crippen LogP contribution in [0, 0.1) is 0 Å². The molecule has 1 aliphatic heterocycles. The van der Waals surface area contributed by atoms with E-state index in [1.165, 1.54) is 19.3 Å². The summed E-state index contributed by atoms with van der Waals surface area (Å²) in [6.07, 6.45) is 7.61. The summed E-state index contributed by atoms with van der Waals surface area (Å²) in [6, 6.07) is 6.77. The number of hydrogen-bond acceptors (Lipinski definition) is 4. The maximum atomic E-state index is 13.2. The number of rotatable bonds is 8. The molecule has 1 aromatic rings. The fourth-order valence-corrected chi connectivity index (χ4v) is 4.67. The smallest absolute Gasteiger partial charge is 0.338 e. The molecule has 31 heavy (non-hydrogen) atoms. The number of amides is 2. The van der Waals surface area contributed by atoms with Gasteiger partial charge in [-0.25, -0.2) is 9.59 Å². The van der Waals surface area contributed by atoms with Crippen LogP contribution in [0.4, 0.5) is 4.79 Å². The van der Waals surface area contributed by atoms with Crippen LogP contribution < -0.4 is 5.32 Å². The van der Waals surface area contributed by atoms with E-state index in [-0.39, 0.29) is 12.6 Å². The van der Waals surface area contributed by atoms with E-state index < -0.39 is 12.0 Å². The largest absolute Gasteiger partial charge is 0.463 e. The van der Waals surface area contributed by atoms with Crippen molar-refractivity contribution in [3.63, 3.8) is 0 Å². The molecule has 0 bridgehead atoms. The number of urea groups is 1. The van der Waals surface area contributed by atoms with Crippen LogP contribution in [0.25, 0.3) is 0 Å². The van der Waals surface area contributed by atoms with E-state index in [0.717, 1.165) is 18.4 Å². The molecule has 3 rings (SSSR count). The highest BCUT2D eigenvalue weighted by Crippen LogP contribution is 2.34. The number of carbonyl (C=O) groups excluding carboxylic acids is 2. The van der Waals surface area contributed by atoms with Gasteiger partial charge in [0.25, 0.3) is 0 Å². The van der Waals surface area contributed by atoms with Gasteiger partial charge in [0.15, 0.2) is 0 Å². The summed E-state index contributed by atoms with van der Waals surface area (Å²) in [4.78, 5) is 30.1. The van der Waals surface area contributed by atoms with Gasteiger partial charge in [-0.2, -0.15) is 0 Å². The molecule has 168 valence electrons. The van der Waals surface area contributed by atoms with Gasteiger partial charge < -0.3 is 10.1 Å². The summed E-state index contributed by atoms with van der Waals surface area (Å²) in [5.41, 5.74) is 1.87. The molecule has 1 heterocycles. The minimum absolute atomic E-state index is 0.256. The van der Waals surface area contributed by atoms with E-state index in [1.54, 1.807) is 30.0 Å². The lowest BCUT2D eigenvalue weighted by atomic mass is 9.92. The van der Waals surface area contributed by atoms with E-state index in [0.29, 0.717) is 35.4 Å². The van der Waals surface area contributed by atoms with E-state index in [2.05, 4.69) is 23.8 Å². The van der Waals surface area contributed by atoms with Crippen LogP contribution in [0.1, 0.15) is 50.6 Å². The van der Waals surface area contributed by atoms with Crippen molar-refractivity contribution in [2.75, 3.05) is 26.7 Å². The number of benzene rings is 1. The van der Waals surface area contributed by atoms with Gasteiger partial charge in [0, 0.05) is 29.9 Å². The Hall–Kier alpha value is -2.31. The zero-order valence-corrected chi connectivity index (χ0v) is 19.2. The van der Waals surface area contributed by atoms with Gasteiger partial charge in [-0.3, -0.25) is 9.80 Å². The van der Waals surface area contributed by atoms with Gasteiger partial charge in [-0.05, 0) is 44.5 Å². The van der Waals surface area contributed by atoms with E-state index >= 15 is 0 Å². The van der Waals surface area contributed by atoms with Crippen molar-refractivity contribution in [2.45, 2.75) is 51.1 Å². The summed E-state index contributed by atoms with van der Waals surface area (Å²) >= 11 is 6.21. The number of nitrogens with one attached hydrogen (secondary N) is 1. The third kappa shape index (κ3) is 5.49. The first-order chi connectivity index (χ1) is 15.0. The van der Waals surface area contributed by atoms with Crippen LogP contribution in [0.5, 0.6) is 0 Å². The first kappa shape index (κ1) is 23.4. The highest BCUT2D eigenvalue weighted by molar-refractivity contribution is 6.30. The molecule has 1 fully saturated rings. The van der Waals surface area contributed by atoms with Crippen molar-refractivity contribution >= 4 is 23.6 Å². The fourth-order valence-electron chi connectivity index (χ4n) is 4.47. The van der Waals surface area contributed by atoms with E-state index in [9.17, 15) is 9.59 Å². The molecule has 1 saturated carbocycles. The van der Waals surface area contributed by atoms with Crippen molar-refractivity contribution in [3.05, 3.63) is 58.8 Å². The number of nitrogens with zero attached hydrogens (tertiary/aromatic N) is 2. The van der Waals surface area contributed by atoms with Crippen LogP contribution in [0.2, 0.25) is 5.02 Å². The zero-order valence-electron chi connectivity index (χ0n) is 18.4. The van der Waals surface area contributed by atoms with Crippen LogP contribution >= 0.6 is 11.6 Å². The predicted octanol–water partition coefficient (Wildman–Crippen LogP) is 4.67. The number of likely N-dealkylation sites (N-methyl/N-ethyl adjacent to an activating group) is 1. The molecule has 7 heteroatoms. The molecule has 1 N–H and O–H groups in total. The normalized spacial score (nSPS) is 20.1. The molecule has 2 amide bonds. The molecule has 0 aromatic heterocycles. The number of hydrogen-bond donors (Lipinski definition) is 1. The minimum Gasteiger partial charge on any atom is -0.463 e. The quantitative estimate of drug-likeness (QED) is 0.466. The average molecular weight is 446 g/mol. The van der Waals surface area contributed by atoms with Gasteiger partial charge in [-0.15, -0.1) is 6.58 Å². The second-order valence-corrected chi connectivity index (χ2v) is 8.56. The predicted molar refractivity (Wildman–Crippen MR) is 123 cm³/mol. The van der Waals surface area contributed by atoms with E-state index in [4.69, 9.17) is 16.3 Å². The fraction of sp³-hybridized carbons (Fsp3) is 0.500. The molecule has 2 aliphatic rings. The lowest BCUT2D eigenvalue weighted by molar-refractivity contribution is -0.139. The molecule has 6 nitrogen and oxygen atoms in total. The molecular weight excluding hydrogens is 414 g/mol. The summed E-state index contributed by atoms with van der Waals surface area (Å²) < 4.78 is 5.43. The Balaban J connectivity index is 2.07. The number of carbonyl (C=O) groups is 2. The zero-order chi connectivity index (χ0) is 22.4. The van der Waals surface area contributed by atoms with Crippen LogP contribution in [0.15, 0.2) is 48.2 Å². The lowest BCUT2D eigenvalue weighted by Crippen LogP contribution is -2.51. The highest BCUT2D eigenvalue weighted by atomic mass is 35.5. The molecule has 1 aliphatic carbocycles. The first-order valence-electron chi connectivity index (χ1n) is 11.0. The van der Waals surface area contributed by atoms with Crippen molar-refractivity contribution in [2.24, 2.45) is 0 Å². The molecule has 1 unspecified atom stereocenters. The van der Waals surface area contributed by atoms with Gasteiger partial charge in [0.1, 0.15) is 0 Å². The van der Waals surface area contributed by atoms with Gasteiger partial charge in [0.05, 0.1) is 18.2 Å². The minimum atomic E-state index is -0.624. The molecule has 1 aromatic carbocycles. The Morgan fingerprint density at radius 3 is 2.74 bits per heavy atom. The summed E-state index contributed by atoms with van der Waals surface area (Å²) in [6.45, 7) is 6.63. The van der Waals surface area contributed by atoms with Crippen molar-refractivity contribution in [1.29, 1.82) is 0 Å². The van der Waals surface area contributed by atoms with Gasteiger partial charge >= 0.3 is 12.0 Å². The first-order valence-corrected chi connectivity index (χ1v) is 11.4. The van der Waals surface area contributed by atoms with Gasteiger partial charge in [-0.1, -0.05) is 49.1 Å². The summed E-state index contributed by atoms with van der Waals surface area (Å²) in [5.74, 6) is -0.423. The third-order valence-electron chi connectivity index (χ3n) is 6.02. The lowest BCUT2D eigenvalue weighted by Gasteiger charge is -2.39. The molecule has 0 saturated heterocycles. The van der Waals surface area contributed by atoms with Crippen LogP contribution in [0.3, 0.4) is 0 Å². The summed E-state index contributed by atoms with van der Waals surface area (Å²) in [7, 11) is 2.07. The third-order valence-corrected chi connectivity index (χ3v) is 6.26. The summed E-state index contributed by atoms with van der Waals surface area (Å²) in [5, 5.41) is 3.52. The maximum Gasteiger partial charge on any atom is 0.338 e. The topological polar surface area (TPSA) is 61.9 Å². The standard InChI is InChI=1S/C24H32ClN3O3/c1-4-14-28-20(16-27(3)19-12-7-6-8-13-19)21(23(29)31-5-2)22(26-24(28)30)17-10-9-11-18(25)15-17/h4,9-11,15,19,22H,1,5-8,12-14,16H2,2-3H3,(H,26,30). The van der Waals surface area contributed by atoms with Crippen LogP contribution in [-0.4, -0.2) is 54.6 Å². The SMILES string of the molecule is C=CCN1C(=O)NC(c2cccc(Cl)c2)C(C(=O)OCC)=C1CN(C)C1CCCCC1. The van der Waals surface area contributed by atoms with Crippen molar-refractivity contribution < 1.29 is 14.3 Å². The second-order valence-electron chi connectivity index (χ2n) is 8.12. The van der Waals surface area contributed by atoms with Crippen molar-refractivity contribution in [3.8, 4) is 0 Å². The molecule has 1 atom stereocenters. The number of esters is 1. The number of ether oxygens (including phenoxy) is 1. The second kappa shape index (κ2) is 10.8. The maximum absolute atomic E-state index is 13.2. The Morgan fingerprint density at radius 1 is 1.35 bits per heavy atom. The Labute approximate surface area is 189 Å².